The number of Topliss-reactive ketones (excluding diaryl/α,β-unsaturated/α-hetero) is 1. The van der Waals surface area contributed by atoms with Crippen LogP contribution in [0.4, 0.5) is 0 Å². The lowest BCUT2D eigenvalue weighted by molar-refractivity contribution is -0.117. The van der Waals surface area contributed by atoms with Crippen molar-refractivity contribution in [2.24, 2.45) is 5.92 Å². The summed E-state index contributed by atoms with van der Waals surface area (Å²) in [6.45, 7) is 3.64. The molecule has 5 heteroatoms. The van der Waals surface area contributed by atoms with E-state index in [1.807, 2.05) is 0 Å². The zero-order valence-electron chi connectivity index (χ0n) is 13.0. The van der Waals surface area contributed by atoms with E-state index in [1.54, 1.807) is 19.1 Å². The van der Waals surface area contributed by atoms with Crippen molar-refractivity contribution in [3.05, 3.63) is 34.9 Å². The van der Waals surface area contributed by atoms with Crippen molar-refractivity contribution in [1.29, 1.82) is 0 Å². The van der Waals surface area contributed by atoms with Gasteiger partial charge in [-0.3, -0.25) is 0 Å². The van der Waals surface area contributed by atoms with Crippen molar-refractivity contribution in [1.82, 2.24) is 0 Å². The van der Waals surface area contributed by atoms with Crippen molar-refractivity contribution in [3.8, 4) is 0 Å². The highest BCUT2D eigenvalue weighted by atomic mass is 16.4. The van der Waals surface area contributed by atoms with Gasteiger partial charge in [0.2, 0.25) is 0 Å². The molecule has 0 spiro atoms. The Labute approximate surface area is 130 Å². The highest BCUT2D eigenvalue weighted by Gasteiger charge is 2.19. The first kappa shape index (κ1) is 17.9. The molecule has 0 saturated heterocycles. The Bertz CT molecular complexity index is 562. The molecule has 0 amide bonds. The zero-order chi connectivity index (χ0) is 16.7. The molecule has 1 aromatic carbocycles. The summed E-state index contributed by atoms with van der Waals surface area (Å²) in [4.78, 5) is 33.4. The van der Waals surface area contributed by atoms with Crippen LogP contribution >= 0.6 is 0 Å². The minimum Gasteiger partial charge on any atom is -0.478 e. The molecule has 5 nitrogen and oxygen atoms in total. The summed E-state index contributed by atoms with van der Waals surface area (Å²) in [6.07, 6.45) is 3.56. The molecular formula is C17H22O5. The molecule has 22 heavy (non-hydrogen) atoms. The molecule has 0 fully saturated rings. The van der Waals surface area contributed by atoms with Crippen molar-refractivity contribution in [3.63, 3.8) is 0 Å². The number of benzene rings is 1. The number of carboxylic acids is 2. The van der Waals surface area contributed by atoms with Crippen LogP contribution in [0.5, 0.6) is 0 Å². The normalized spacial score (nSPS) is 11.9. The minimum atomic E-state index is -1.23. The summed E-state index contributed by atoms with van der Waals surface area (Å²) >= 11 is 0. The van der Waals surface area contributed by atoms with Crippen molar-refractivity contribution in [2.75, 3.05) is 0 Å². The molecule has 1 rings (SSSR count). The molecule has 1 unspecified atom stereocenters. The number of carbonyl (C=O) groups excluding carboxylic acids is 1. The van der Waals surface area contributed by atoms with Crippen LogP contribution in [-0.2, 0) is 11.2 Å². The molecule has 0 heterocycles. The van der Waals surface area contributed by atoms with Gasteiger partial charge < -0.3 is 15.0 Å². The second kappa shape index (κ2) is 8.32. The topological polar surface area (TPSA) is 91.7 Å². The molecule has 120 valence electrons. The van der Waals surface area contributed by atoms with Crippen molar-refractivity contribution < 1.29 is 24.6 Å². The van der Waals surface area contributed by atoms with Gasteiger partial charge in [0.1, 0.15) is 5.78 Å². The number of hydrogen-bond donors (Lipinski definition) is 2. The lowest BCUT2D eigenvalue weighted by atomic mass is 9.93. The average molecular weight is 306 g/mol. The standard InChI is InChI=1S/C17H22O5/c1-11(9-10-12(2)18)5-3-6-13-7-4-8-14(16(19)20)15(13)17(21)22/h4,7-8,11H,3,5-6,9-10H2,1-2H3,(H,19,20)(H,21,22). The first-order valence-corrected chi connectivity index (χ1v) is 7.40. The van der Waals surface area contributed by atoms with Gasteiger partial charge in [-0.05, 0) is 43.7 Å². The van der Waals surface area contributed by atoms with Gasteiger partial charge in [-0.15, -0.1) is 0 Å². The van der Waals surface area contributed by atoms with Crippen LogP contribution in [-0.4, -0.2) is 27.9 Å². The van der Waals surface area contributed by atoms with Gasteiger partial charge in [0, 0.05) is 6.42 Å². The summed E-state index contributed by atoms with van der Waals surface area (Å²) in [5.41, 5.74) is 0.257. The van der Waals surface area contributed by atoms with Crippen LogP contribution < -0.4 is 0 Å². The lowest BCUT2D eigenvalue weighted by Gasteiger charge is -2.12. The molecule has 1 aromatic rings. The fraction of sp³-hybridized carbons (Fsp3) is 0.471. The highest BCUT2D eigenvalue weighted by molar-refractivity contribution is 6.02. The van der Waals surface area contributed by atoms with Crippen molar-refractivity contribution >= 4 is 17.7 Å². The molecule has 0 aromatic heterocycles. The van der Waals surface area contributed by atoms with Gasteiger partial charge in [-0.2, -0.15) is 0 Å². The number of ketones is 1. The number of carboxylic acid groups (broad SMARTS) is 2. The van der Waals surface area contributed by atoms with E-state index in [4.69, 9.17) is 5.11 Å². The third-order valence-corrected chi connectivity index (χ3v) is 3.73. The first-order chi connectivity index (χ1) is 10.3. The van der Waals surface area contributed by atoms with Crippen LogP contribution in [0, 0.1) is 5.92 Å². The third kappa shape index (κ3) is 5.31. The Kier molecular flexibility index (Phi) is 6.76. The number of aromatic carboxylic acids is 2. The van der Waals surface area contributed by atoms with E-state index < -0.39 is 11.9 Å². The maximum atomic E-state index is 11.3. The molecule has 0 aliphatic rings. The molecule has 2 N–H and O–H groups in total. The van der Waals surface area contributed by atoms with E-state index in [1.165, 1.54) is 6.07 Å². The molecule has 0 saturated carbocycles. The second-order valence-corrected chi connectivity index (χ2v) is 5.69. The van der Waals surface area contributed by atoms with E-state index in [9.17, 15) is 19.5 Å². The summed E-state index contributed by atoms with van der Waals surface area (Å²) in [7, 11) is 0. The Balaban J connectivity index is 2.70. The SMILES string of the molecule is CC(=O)CCC(C)CCCc1cccc(C(=O)O)c1C(=O)O. The first-order valence-electron chi connectivity index (χ1n) is 7.40. The van der Waals surface area contributed by atoms with Gasteiger partial charge in [0.25, 0.3) is 0 Å². The number of aryl methyl sites for hydroxylation is 1. The predicted molar refractivity (Wildman–Crippen MR) is 82.4 cm³/mol. The summed E-state index contributed by atoms with van der Waals surface area (Å²) in [5.74, 6) is -1.87. The quantitative estimate of drug-likeness (QED) is 0.729. The Morgan fingerprint density at radius 1 is 1.09 bits per heavy atom. The zero-order valence-corrected chi connectivity index (χ0v) is 13.0. The lowest BCUT2D eigenvalue weighted by Crippen LogP contribution is -2.11. The molecule has 0 aliphatic carbocycles. The second-order valence-electron chi connectivity index (χ2n) is 5.69. The smallest absolute Gasteiger partial charge is 0.336 e. The van der Waals surface area contributed by atoms with Gasteiger partial charge in [-0.1, -0.05) is 25.5 Å². The van der Waals surface area contributed by atoms with Gasteiger partial charge in [0.15, 0.2) is 0 Å². The van der Waals surface area contributed by atoms with E-state index in [-0.39, 0.29) is 16.9 Å². The Morgan fingerprint density at radius 2 is 1.77 bits per heavy atom. The van der Waals surface area contributed by atoms with Gasteiger partial charge >= 0.3 is 11.9 Å². The van der Waals surface area contributed by atoms with Gasteiger partial charge in [-0.25, -0.2) is 9.59 Å². The highest BCUT2D eigenvalue weighted by Crippen LogP contribution is 2.20. The van der Waals surface area contributed by atoms with Crippen molar-refractivity contribution in [2.45, 2.75) is 46.0 Å². The van der Waals surface area contributed by atoms with E-state index >= 15 is 0 Å². The Hall–Kier alpha value is -2.17. The Morgan fingerprint density at radius 3 is 2.32 bits per heavy atom. The monoisotopic (exact) mass is 306 g/mol. The average Bonchev–Trinajstić information content (AvgIpc) is 2.44. The number of rotatable bonds is 9. The maximum absolute atomic E-state index is 11.3. The van der Waals surface area contributed by atoms with E-state index in [0.717, 1.165) is 19.3 Å². The van der Waals surface area contributed by atoms with Crippen LogP contribution in [0.25, 0.3) is 0 Å². The summed E-state index contributed by atoms with van der Waals surface area (Å²) in [5, 5.41) is 18.3. The minimum absolute atomic E-state index is 0.119. The largest absolute Gasteiger partial charge is 0.478 e. The molecular weight excluding hydrogens is 284 g/mol. The van der Waals surface area contributed by atoms with Crippen LogP contribution in [0.3, 0.4) is 0 Å². The fourth-order valence-corrected chi connectivity index (χ4v) is 2.47. The van der Waals surface area contributed by atoms with Crippen LogP contribution in [0.1, 0.15) is 65.8 Å². The third-order valence-electron chi connectivity index (χ3n) is 3.73. The number of carbonyl (C=O) groups is 3. The molecule has 0 aliphatic heterocycles. The van der Waals surface area contributed by atoms with Crippen LogP contribution in [0.2, 0.25) is 0 Å². The van der Waals surface area contributed by atoms with Crippen LogP contribution in [0.15, 0.2) is 18.2 Å². The van der Waals surface area contributed by atoms with E-state index in [0.29, 0.717) is 24.3 Å². The predicted octanol–water partition coefficient (Wildman–Crippen LogP) is 3.41. The van der Waals surface area contributed by atoms with E-state index in [2.05, 4.69) is 6.92 Å². The van der Waals surface area contributed by atoms with Gasteiger partial charge in [0.05, 0.1) is 11.1 Å². The summed E-state index contributed by atoms with van der Waals surface area (Å²) in [6, 6.07) is 4.55. The molecule has 0 radical (unpaired) electrons. The molecule has 1 atom stereocenters. The summed E-state index contributed by atoms with van der Waals surface area (Å²) < 4.78 is 0. The fourth-order valence-electron chi connectivity index (χ4n) is 2.47. The number of hydrogen-bond acceptors (Lipinski definition) is 3. The maximum Gasteiger partial charge on any atom is 0.336 e. The molecule has 0 bridgehead atoms.